The summed E-state index contributed by atoms with van der Waals surface area (Å²) >= 11 is 0. The topological polar surface area (TPSA) is 119 Å². The molecule has 5 atom stereocenters. The number of nitriles is 1. The van der Waals surface area contributed by atoms with E-state index in [2.05, 4.69) is 10.0 Å². The van der Waals surface area contributed by atoms with Crippen LogP contribution in [0.3, 0.4) is 0 Å². The maximum absolute atomic E-state index is 13.2. The van der Waals surface area contributed by atoms with Crippen molar-refractivity contribution in [2.24, 2.45) is 11.0 Å². The lowest BCUT2D eigenvalue weighted by Gasteiger charge is -2.24. The molecule has 3 aliphatic heterocycles. The summed E-state index contributed by atoms with van der Waals surface area (Å²) in [5.74, 6) is -0.407. The number of azide groups is 1. The Morgan fingerprint density at radius 1 is 1.41 bits per heavy atom. The molecular weight excluding hydrogens is 387 g/mol. The van der Waals surface area contributed by atoms with Gasteiger partial charge in [0.15, 0.2) is 0 Å². The predicted octanol–water partition coefficient (Wildman–Crippen LogP) is 2.56. The number of halogens is 3. The quantitative estimate of drug-likeness (QED) is 0.431. The van der Waals surface area contributed by atoms with E-state index < -0.39 is 56.7 Å². The number of fused-ring (bicyclic) bond motifs is 5. The van der Waals surface area contributed by atoms with Crippen molar-refractivity contribution in [3.63, 3.8) is 0 Å². The zero-order valence-corrected chi connectivity index (χ0v) is 14.4. The minimum atomic E-state index is -4.78. The van der Waals surface area contributed by atoms with E-state index in [1.165, 1.54) is 12.1 Å². The lowest BCUT2D eigenvalue weighted by Crippen LogP contribution is -2.42. The summed E-state index contributed by atoms with van der Waals surface area (Å²) in [4.78, 5) is 2.71. The van der Waals surface area contributed by atoms with Crippen molar-refractivity contribution in [1.29, 1.82) is 5.26 Å². The predicted molar refractivity (Wildman–Crippen MR) is 85.9 cm³/mol. The van der Waals surface area contributed by atoms with Crippen molar-refractivity contribution < 1.29 is 26.3 Å². The van der Waals surface area contributed by atoms with Crippen molar-refractivity contribution in [2.75, 3.05) is 10.8 Å². The van der Waals surface area contributed by atoms with Gasteiger partial charge in [-0.2, -0.15) is 18.4 Å². The van der Waals surface area contributed by atoms with E-state index in [4.69, 9.17) is 15.5 Å². The highest BCUT2D eigenvalue weighted by atomic mass is 32.2. The second kappa shape index (κ2) is 5.76. The van der Waals surface area contributed by atoms with Gasteiger partial charge in [0.2, 0.25) is 10.0 Å². The van der Waals surface area contributed by atoms with Crippen LogP contribution in [0.4, 0.5) is 18.9 Å². The fourth-order valence-corrected chi connectivity index (χ4v) is 6.62. The Hall–Kier alpha value is -2.48. The molecular formula is C15H12F3N5O3S. The Morgan fingerprint density at radius 2 is 2.15 bits per heavy atom. The molecule has 0 aliphatic carbocycles. The van der Waals surface area contributed by atoms with E-state index in [9.17, 15) is 21.6 Å². The van der Waals surface area contributed by atoms with Crippen LogP contribution in [0.2, 0.25) is 0 Å². The van der Waals surface area contributed by atoms with Crippen LogP contribution >= 0.6 is 0 Å². The van der Waals surface area contributed by atoms with Gasteiger partial charge in [0.05, 0.1) is 41.1 Å². The minimum Gasteiger partial charge on any atom is -0.373 e. The van der Waals surface area contributed by atoms with Gasteiger partial charge >= 0.3 is 6.18 Å². The highest BCUT2D eigenvalue weighted by Crippen LogP contribution is 2.50. The second-order valence-electron chi connectivity index (χ2n) is 6.69. The Morgan fingerprint density at radius 3 is 2.78 bits per heavy atom. The summed E-state index contributed by atoms with van der Waals surface area (Å²) in [7, 11) is -4.01. The van der Waals surface area contributed by atoms with E-state index in [-0.39, 0.29) is 12.2 Å². The molecule has 12 heteroatoms. The number of hydrogen-bond donors (Lipinski definition) is 0. The molecule has 0 amide bonds. The maximum Gasteiger partial charge on any atom is 0.417 e. The second-order valence-corrected chi connectivity index (χ2v) is 8.71. The third-order valence-corrected chi connectivity index (χ3v) is 7.63. The van der Waals surface area contributed by atoms with Crippen LogP contribution in [0, 0.1) is 17.2 Å². The fourth-order valence-electron chi connectivity index (χ4n) is 4.25. The van der Waals surface area contributed by atoms with Crippen LogP contribution in [0.15, 0.2) is 23.3 Å². The van der Waals surface area contributed by atoms with Crippen molar-refractivity contribution >= 4 is 15.7 Å². The van der Waals surface area contributed by atoms with Gasteiger partial charge in [0, 0.05) is 17.4 Å². The fraction of sp³-hybridized carbons (Fsp3) is 0.533. The van der Waals surface area contributed by atoms with E-state index in [1.807, 2.05) is 0 Å². The molecule has 2 bridgehead atoms. The van der Waals surface area contributed by atoms with Crippen LogP contribution in [0.5, 0.6) is 0 Å². The molecule has 3 saturated heterocycles. The molecule has 0 unspecified atom stereocenters. The first-order chi connectivity index (χ1) is 12.7. The summed E-state index contributed by atoms with van der Waals surface area (Å²) in [5.41, 5.74) is 6.72. The van der Waals surface area contributed by atoms with Gasteiger partial charge in [-0.15, -0.1) is 0 Å². The van der Waals surface area contributed by atoms with Gasteiger partial charge in [0.1, 0.15) is 5.25 Å². The minimum absolute atomic E-state index is 0.0135. The molecule has 3 heterocycles. The Labute approximate surface area is 151 Å². The number of sulfonamides is 1. The summed E-state index contributed by atoms with van der Waals surface area (Å²) < 4.78 is 72.2. The molecule has 8 nitrogen and oxygen atoms in total. The van der Waals surface area contributed by atoms with Crippen LogP contribution in [-0.2, 0) is 20.9 Å². The van der Waals surface area contributed by atoms with Crippen LogP contribution in [-0.4, -0.2) is 38.5 Å². The van der Waals surface area contributed by atoms with Gasteiger partial charge < -0.3 is 4.74 Å². The van der Waals surface area contributed by atoms with Crippen molar-refractivity contribution in [3.8, 4) is 6.07 Å². The maximum atomic E-state index is 13.2. The SMILES string of the molecule is N#Cc1ccc(N2C[C@H]3[C@H]([C@H]4O[C@@H]3C[C@H]4N=[N+]=[N-])S2(=O)=O)cc1C(F)(F)F. The summed E-state index contributed by atoms with van der Waals surface area (Å²) in [6.07, 6.45) is -5.61. The number of ether oxygens (including phenoxy) is 1. The average molecular weight is 399 g/mol. The zero-order valence-electron chi connectivity index (χ0n) is 13.5. The lowest BCUT2D eigenvalue weighted by atomic mass is 9.86. The Kier molecular flexibility index (Phi) is 3.82. The van der Waals surface area contributed by atoms with Crippen LogP contribution < -0.4 is 4.31 Å². The van der Waals surface area contributed by atoms with Crippen LogP contribution in [0.1, 0.15) is 17.5 Å². The van der Waals surface area contributed by atoms with Crippen molar-refractivity contribution in [2.45, 2.75) is 36.1 Å². The molecule has 142 valence electrons. The number of nitrogens with zero attached hydrogens (tertiary/aromatic N) is 5. The molecule has 3 aliphatic rings. The molecule has 1 aromatic carbocycles. The third kappa shape index (κ3) is 2.54. The van der Waals surface area contributed by atoms with E-state index >= 15 is 0 Å². The lowest BCUT2D eigenvalue weighted by molar-refractivity contribution is -0.137. The molecule has 0 radical (unpaired) electrons. The number of anilines is 1. The van der Waals surface area contributed by atoms with Gasteiger partial charge in [-0.05, 0) is 30.2 Å². The average Bonchev–Trinajstić information content (AvgIpc) is 3.24. The van der Waals surface area contributed by atoms with Gasteiger partial charge in [-0.3, -0.25) is 4.31 Å². The molecule has 3 fully saturated rings. The van der Waals surface area contributed by atoms with E-state index in [0.717, 1.165) is 10.4 Å². The van der Waals surface area contributed by atoms with E-state index in [0.29, 0.717) is 12.5 Å². The molecule has 4 rings (SSSR count). The standard InChI is InChI=1S/C15H12F3N5O3S/c16-15(17,18)10-3-8(2-1-7(10)5-19)23-6-9-12-4-11(21-22-20)13(26-12)14(9)27(23,24)25/h1-3,9,11-14H,4,6H2/t9-,11-,12-,13+,14-/m1/s1. The molecule has 1 aromatic rings. The number of benzene rings is 1. The van der Waals surface area contributed by atoms with Crippen molar-refractivity contribution in [3.05, 3.63) is 39.8 Å². The van der Waals surface area contributed by atoms with Crippen molar-refractivity contribution in [1.82, 2.24) is 0 Å². The molecule has 0 saturated carbocycles. The largest absolute Gasteiger partial charge is 0.417 e. The Balaban J connectivity index is 1.74. The normalized spacial score (nSPS) is 33.4. The van der Waals surface area contributed by atoms with Gasteiger partial charge in [0.25, 0.3) is 0 Å². The number of rotatable bonds is 2. The molecule has 0 spiro atoms. The summed E-state index contributed by atoms with van der Waals surface area (Å²) in [6.45, 7) is -0.0135. The Bertz CT molecular complexity index is 999. The first kappa shape index (κ1) is 17.9. The van der Waals surface area contributed by atoms with Gasteiger partial charge in [-0.25, -0.2) is 8.42 Å². The summed E-state index contributed by atoms with van der Waals surface area (Å²) in [6, 6.07) is 3.71. The molecule has 0 aromatic heterocycles. The first-order valence-corrected chi connectivity index (χ1v) is 9.51. The zero-order chi connectivity index (χ0) is 19.6. The monoisotopic (exact) mass is 399 g/mol. The smallest absolute Gasteiger partial charge is 0.373 e. The van der Waals surface area contributed by atoms with E-state index in [1.54, 1.807) is 0 Å². The molecule has 27 heavy (non-hydrogen) atoms. The number of hydrogen-bond acceptors (Lipinski definition) is 5. The van der Waals surface area contributed by atoms with Gasteiger partial charge in [-0.1, -0.05) is 5.11 Å². The van der Waals surface area contributed by atoms with Crippen LogP contribution in [0.25, 0.3) is 10.4 Å². The number of alkyl halides is 3. The highest BCUT2D eigenvalue weighted by Gasteiger charge is 2.64. The third-order valence-electron chi connectivity index (χ3n) is 5.35. The highest BCUT2D eigenvalue weighted by molar-refractivity contribution is 7.93. The first-order valence-electron chi connectivity index (χ1n) is 8.01. The summed E-state index contributed by atoms with van der Waals surface area (Å²) in [5, 5.41) is 11.5. The molecule has 0 N–H and O–H groups in total.